The molecule has 0 unspecified atom stereocenters. The molecule has 5 rings (SSSR count). The molecule has 0 saturated carbocycles. The Kier molecular flexibility index (Phi) is 3.86. The van der Waals surface area contributed by atoms with Crippen LogP contribution in [0.5, 0.6) is 11.5 Å². The van der Waals surface area contributed by atoms with Gasteiger partial charge < -0.3 is 25.0 Å². The SMILES string of the molecule is O=C(NCc1ccc2c(c1)OCO2)[C@@]12CNC[C@@H]1CN(c1ncccn1)C2. The molecule has 4 heterocycles. The molecule has 2 N–H and O–H groups in total. The number of aromatic nitrogens is 2. The molecule has 1 amide bonds. The third-order valence-electron chi connectivity index (χ3n) is 5.70. The maximum absolute atomic E-state index is 13.2. The summed E-state index contributed by atoms with van der Waals surface area (Å²) in [5.41, 5.74) is 0.544. The van der Waals surface area contributed by atoms with Gasteiger partial charge in [-0.2, -0.15) is 0 Å². The molecule has 0 spiro atoms. The number of anilines is 1. The second-order valence-electron chi connectivity index (χ2n) is 7.28. The summed E-state index contributed by atoms with van der Waals surface area (Å²) in [5.74, 6) is 2.49. The molecule has 2 fully saturated rings. The minimum Gasteiger partial charge on any atom is -0.454 e. The van der Waals surface area contributed by atoms with Gasteiger partial charge >= 0.3 is 0 Å². The van der Waals surface area contributed by atoms with E-state index in [1.165, 1.54) is 0 Å². The van der Waals surface area contributed by atoms with Gasteiger partial charge in [-0.1, -0.05) is 6.07 Å². The molecule has 1 aromatic carbocycles. The van der Waals surface area contributed by atoms with Gasteiger partial charge in [0.05, 0.1) is 5.41 Å². The molecule has 2 aromatic rings. The van der Waals surface area contributed by atoms with Crippen LogP contribution in [0.15, 0.2) is 36.7 Å². The first-order valence-corrected chi connectivity index (χ1v) is 9.14. The summed E-state index contributed by atoms with van der Waals surface area (Å²) in [6.07, 6.45) is 3.47. The molecule has 27 heavy (non-hydrogen) atoms. The average Bonchev–Trinajstić information content (AvgIpc) is 3.40. The maximum atomic E-state index is 13.2. The van der Waals surface area contributed by atoms with E-state index in [4.69, 9.17) is 9.47 Å². The maximum Gasteiger partial charge on any atom is 0.231 e. The van der Waals surface area contributed by atoms with Crippen LogP contribution >= 0.6 is 0 Å². The molecule has 2 saturated heterocycles. The van der Waals surface area contributed by atoms with Gasteiger partial charge in [-0.05, 0) is 23.8 Å². The Bertz CT molecular complexity index is 862. The van der Waals surface area contributed by atoms with Crippen LogP contribution in [-0.4, -0.2) is 48.8 Å². The highest BCUT2D eigenvalue weighted by molar-refractivity contribution is 5.85. The summed E-state index contributed by atoms with van der Waals surface area (Å²) >= 11 is 0. The van der Waals surface area contributed by atoms with Gasteiger partial charge in [0, 0.05) is 51.0 Å². The molecule has 1 aromatic heterocycles. The summed E-state index contributed by atoms with van der Waals surface area (Å²) < 4.78 is 10.7. The van der Waals surface area contributed by atoms with Crippen molar-refractivity contribution < 1.29 is 14.3 Å². The van der Waals surface area contributed by atoms with Gasteiger partial charge in [0.25, 0.3) is 0 Å². The van der Waals surface area contributed by atoms with E-state index in [1.54, 1.807) is 18.5 Å². The van der Waals surface area contributed by atoms with Crippen molar-refractivity contribution >= 4 is 11.9 Å². The van der Waals surface area contributed by atoms with Crippen LogP contribution in [0.1, 0.15) is 5.56 Å². The normalized spacial score (nSPS) is 25.5. The number of fused-ring (bicyclic) bond motifs is 2. The lowest BCUT2D eigenvalue weighted by molar-refractivity contribution is -0.130. The van der Waals surface area contributed by atoms with Crippen LogP contribution in [0.2, 0.25) is 0 Å². The Balaban J connectivity index is 1.30. The first-order chi connectivity index (χ1) is 13.2. The Hall–Kier alpha value is -2.87. The Morgan fingerprint density at radius 3 is 3.04 bits per heavy atom. The van der Waals surface area contributed by atoms with Crippen molar-refractivity contribution in [1.29, 1.82) is 0 Å². The van der Waals surface area contributed by atoms with Crippen molar-refractivity contribution in [2.24, 2.45) is 11.3 Å². The van der Waals surface area contributed by atoms with Crippen LogP contribution in [-0.2, 0) is 11.3 Å². The molecule has 0 radical (unpaired) electrons. The second kappa shape index (κ2) is 6.38. The van der Waals surface area contributed by atoms with Crippen LogP contribution in [0, 0.1) is 11.3 Å². The molecule has 8 nitrogen and oxygen atoms in total. The third-order valence-corrected chi connectivity index (χ3v) is 5.70. The lowest BCUT2D eigenvalue weighted by Gasteiger charge is -2.26. The van der Waals surface area contributed by atoms with E-state index in [-0.39, 0.29) is 18.6 Å². The number of carbonyl (C=O) groups is 1. The minimum atomic E-state index is -0.449. The van der Waals surface area contributed by atoms with Gasteiger partial charge in [0.2, 0.25) is 18.6 Å². The van der Waals surface area contributed by atoms with Crippen molar-refractivity contribution in [1.82, 2.24) is 20.6 Å². The van der Waals surface area contributed by atoms with Gasteiger partial charge in [-0.3, -0.25) is 4.79 Å². The van der Waals surface area contributed by atoms with E-state index in [9.17, 15) is 4.79 Å². The van der Waals surface area contributed by atoms with E-state index in [2.05, 4.69) is 25.5 Å². The average molecular weight is 367 g/mol. The van der Waals surface area contributed by atoms with Crippen molar-refractivity contribution in [3.63, 3.8) is 0 Å². The summed E-state index contributed by atoms with van der Waals surface area (Å²) in [4.78, 5) is 24.0. The van der Waals surface area contributed by atoms with E-state index >= 15 is 0 Å². The zero-order valence-corrected chi connectivity index (χ0v) is 14.9. The second-order valence-corrected chi connectivity index (χ2v) is 7.28. The van der Waals surface area contributed by atoms with E-state index in [0.717, 1.165) is 30.2 Å². The zero-order valence-electron chi connectivity index (χ0n) is 14.9. The summed E-state index contributed by atoms with van der Waals surface area (Å²) in [5, 5.41) is 6.51. The molecular weight excluding hydrogens is 346 g/mol. The van der Waals surface area contributed by atoms with Gasteiger partial charge in [0.15, 0.2) is 11.5 Å². The molecular formula is C19H21N5O3. The van der Waals surface area contributed by atoms with E-state index in [1.807, 2.05) is 18.2 Å². The molecule has 8 heteroatoms. The zero-order chi connectivity index (χ0) is 18.3. The van der Waals surface area contributed by atoms with Crippen LogP contribution in [0.25, 0.3) is 0 Å². The summed E-state index contributed by atoms with van der Waals surface area (Å²) in [7, 11) is 0. The standard InChI is InChI=1S/C19H21N5O3/c25-17(23-7-13-2-3-15-16(6-13)27-12-26-15)19-10-20-8-14(19)9-24(11-19)18-21-4-1-5-22-18/h1-6,14,20H,7-12H2,(H,23,25)/t14-,19-/m1/s1. The number of nitrogens with one attached hydrogen (secondary N) is 2. The van der Waals surface area contributed by atoms with Gasteiger partial charge in [-0.25, -0.2) is 9.97 Å². The number of benzene rings is 1. The summed E-state index contributed by atoms with van der Waals surface area (Å²) in [6, 6.07) is 7.56. The highest BCUT2D eigenvalue weighted by Gasteiger charge is 2.55. The van der Waals surface area contributed by atoms with Crippen molar-refractivity contribution in [3.05, 3.63) is 42.2 Å². The van der Waals surface area contributed by atoms with Crippen molar-refractivity contribution in [2.75, 3.05) is 37.9 Å². The molecule has 3 aliphatic rings. The summed E-state index contributed by atoms with van der Waals surface area (Å²) in [6.45, 7) is 3.63. The smallest absolute Gasteiger partial charge is 0.231 e. The quantitative estimate of drug-likeness (QED) is 0.816. The monoisotopic (exact) mass is 367 g/mol. The highest BCUT2D eigenvalue weighted by Crippen LogP contribution is 2.40. The first kappa shape index (κ1) is 16.3. The van der Waals surface area contributed by atoms with Crippen LogP contribution in [0.4, 0.5) is 5.95 Å². The number of hydrogen-bond acceptors (Lipinski definition) is 7. The minimum absolute atomic E-state index is 0.0774. The fraction of sp³-hybridized carbons (Fsp3) is 0.421. The number of hydrogen-bond donors (Lipinski definition) is 2. The fourth-order valence-electron chi connectivity index (χ4n) is 4.26. The number of ether oxygens (including phenoxy) is 2. The molecule has 0 aliphatic carbocycles. The van der Waals surface area contributed by atoms with Crippen LogP contribution in [0.3, 0.4) is 0 Å². The third kappa shape index (κ3) is 2.76. The van der Waals surface area contributed by atoms with Crippen LogP contribution < -0.4 is 25.0 Å². The Labute approximate surface area is 156 Å². The molecule has 0 bridgehead atoms. The number of carbonyl (C=O) groups excluding carboxylic acids is 1. The van der Waals surface area contributed by atoms with Crippen molar-refractivity contribution in [2.45, 2.75) is 6.54 Å². The fourth-order valence-corrected chi connectivity index (χ4v) is 4.26. The number of amides is 1. The topological polar surface area (TPSA) is 88.6 Å². The predicted molar refractivity (Wildman–Crippen MR) is 97.4 cm³/mol. The van der Waals surface area contributed by atoms with Gasteiger partial charge in [-0.15, -0.1) is 0 Å². The van der Waals surface area contributed by atoms with Crippen molar-refractivity contribution in [3.8, 4) is 11.5 Å². The Morgan fingerprint density at radius 1 is 1.30 bits per heavy atom. The molecule has 3 aliphatic heterocycles. The highest BCUT2D eigenvalue weighted by atomic mass is 16.7. The number of nitrogens with zero attached hydrogens (tertiary/aromatic N) is 3. The Morgan fingerprint density at radius 2 is 2.15 bits per heavy atom. The lowest BCUT2D eigenvalue weighted by atomic mass is 9.80. The largest absolute Gasteiger partial charge is 0.454 e. The molecule has 140 valence electrons. The van der Waals surface area contributed by atoms with E-state index in [0.29, 0.717) is 25.6 Å². The lowest BCUT2D eigenvalue weighted by Crippen LogP contribution is -2.47. The first-order valence-electron chi connectivity index (χ1n) is 9.14. The van der Waals surface area contributed by atoms with Gasteiger partial charge in [0.1, 0.15) is 0 Å². The molecule has 2 atom stereocenters. The predicted octanol–water partition coefficient (Wildman–Crippen LogP) is 0.547. The van der Waals surface area contributed by atoms with E-state index < -0.39 is 5.41 Å². The number of rotatable bonds is 4.